The number of amides is 2. The molecular weight excluding hydrogens is 330 g/mol. The van der Waals surface area contributed by atoms with Gasteiger partial charge >= 0.3 is 0 Å². The molecular formula is C17H22ClN3O3. The van der Waals surface area contributed by atoms with Crippen molar-refractivity contribution < 1.29 is 14.3 Å². The highest BCUT2D eigenvalue weighted by Crippen LogP contribution is 2.17. The van der Waals surface area contributed by atoms with E-state index >= 15 is 0 Å². The summed E-state index contributed by atoms with van der Waals surface area (Å²) < 4.78 is 5.34. The molecule has 1 aromatic carbocycles. The molecule has 0 radical (unpaired) electrons. The lowest BCUT2D eigenvalue weighted by Gasteiger charge is -2.37. The summed E-state index contributed by atoms with van der Waals surface area (Å²) >= 11 is 6.12. The number of piperazine rings is 1. The van der Waals surface area contributed by atoms with Gasteiger partial charge in [0.05, 0.1) is 19.6 Å². The molecule has 1 aromatic rings. The summed E-state index contributed by atoms with van der Waals surface area (Å²) in [5.74, 6) is 0.113. The van der Waals surface area contributed by atoms with Crippen molar-refractivity contribution in [2.24, 2.45) is 0 Å². The fourth-order valence-corrected chi connectivity index (χ4v) is 3.24. The van der Waals surface area contributed by atoms with Crippen LogP contribution in [0.4, 0.5) is 0 Å². The van der Waals surface area contributed by atoms with Crippen molar-refractivity contribution in [1.82, 2.24) is 15.1 Å². The number of carbonyl (C=O) groups is 2. The third-order valence-corrected chi connectivity index (χ3v) is 4.83. The fourth-order valence-electron chi connectivity index (χ4n) is 3.04. The highest BCUT2D eigenvalue weighted by molar-refractivity contribution is 6.31. The van der Waals surface area contributed by atoms with Gasteiger partial charge < -0.3 is 19.9 Å². The zero-order valence-corrected chi connectivity index (χ0v) is 14.3. The standard InChI is InChI=1S/C17H22ClN3O3/c18-14-4-2-1-3-13(14)11-16(22)20-6-8-21(9-7-20)17(23)15-12-24-10-5-19-15/h1-4,15,19H,5-12H2. The van der Waals surface area contributed by atoms with Crippen LogP contribution in [-0.4, -0.2) is 73.6 Å². The summed E-state index contributed by atoms with van der Waals surface area (Å²) in [5.41, 5.74) is 0.839. The molecule has 0 aliphatic carbocycles. The molecule has 0 aromatic heterocycles. The molecule has 0 saturated carbocycles. The molecule has 6 nitrogen and oxygen atoms in total. The van der Waals surface area contributed by atoms with Crippen LogP contribution in [0.2, 0.25) is 5.02 Å². The van der Waals surface area contributed by atoms with Crippen molar-refractivity contribution in [3.8, 4) is 0 Å². The van der Waals surface area contributed by atoms with Crippen molar-refractivity contribution in [3.05, 3.63) is 34.9 Å². The smallest absolute Gasteiger partial charge is 0.242 e. The molecule has 2 amide bonds. The van der Waals surface area contributed by atoms with Crippen LogP contribution in [0.5, 0.6) is 0 Å². The molecule has 1 unspecified atom stereocenters. The number of nitrogens with zero attached hydrogens (tertiary/aromatic N) is 2. The van der Waals surface area contributed by atoms with Crippen LogP contribution in [0.3, 0.4) is 0 Å². The summed E-state index contributed by atoms with van der Waals surface area (Å²) in [5, 5.41) is 3.79. The Bertz CT molecular complexity index is 596. The number of ether oxygens (including phenoxy) is 1. The predicted molar refractivity (Wildman–Crippen MR) is 90.9 cm³/mol. The molecule has 24 heavy (non-hydrogen) atoms. The topological polar surface area (TPSA) is 61.9 Å². The molecule has 2 fully saturated rings. The number of carbonyl (C=O) groups excluding carboxylic acids is 2. The fraction of sp³-hybridized carbons (Fsp3) is 0.529. The van der Waals surface area contributed by atoms with E-state index in [9.17, 15) is 9.59 Å². The molecule has 1 atom stereocenters. The molecule has 130 valence electrons. The molecule has 7 heteroatoms. The molecule has 0 bridgehead atoms. The minimum absolute atomic E-state index is 0.0503. The summed E-state index contributed by atoms with van der Waals surface area (Å²) in [6.45, 7) is 4.01. The number of hydrogen-bond donors (Lipinski definition) is 1. The summed E-state index contributed by atoms with van der Waals surface area (Å²) in [6, 6.07) is 7.13. The van der Waals surface area contributed by atoms with Crippen molar-refractivity contribution in [2.75, 3.05) is 45.9 Å². The lowest BCUT2D eigenvalue weighted by molar-refractivity contribution is -0.142. The van der Waals surface area contributed by atoms with E-state index in [0.29, 0.717) is 57.4 Å². The van der Waals surface area contributed by atoms with Gasteiger partial charge in [-0.25, -0.2) is 0 Å². The summed E-state index contributed by atoms with van der Waals surface area (Å²) in [7, 11) is 0. The van der Waals surface area contributed by atoms with Crippen LogP contribution < -0.4 is 5.32 Å². The van der Waals surface area contributed by atoms with Crippen LogP contribution in [-0.2, 0) is 20.7 Å². The van der Waals surface area contributed by atoms with E-state index in [0.717, 1.165) is 5.56 Å². The van der Waals surface area contributed by atoms with Crippen LogP contribution in [0.15, 0.2) is 24.3 Å². The first-order valence-electron chi connectivity index (χ1n) is 8.26. The summed E-state index contributed by atoms with van der Waals surface area (Å²) in [6.07, 6.45) is 0.297. The van der Waals surface area contributed by atoms with E-state index in [1.54, 1.807) is 11.0 Å². The monoisotopic (exact) mass is 351 g/mol. The first-order chi connectivity index (χ1) is 11.6. The van der Waals surface area contributed by atoms with Crippen LogP contribution in [0.25, 0.3) is 0 Å². The van der Waals surface area contributed by atoms with Crippen molar-refractivity contribution >= 4 is 23.4 Å². The van der Waals surface area contributed by atoms with Crippen molar-refractivity contribution in [2.45, 2.75) is 12.5 Å². The maximum absolute atomic E-state index is 12.4. The van der Waals surface area contributed by atoms with Crippen molar-refractivity contribution in [3.63, 3.8) is 0 Å². The van der Waals surface area contributed by atoms with Gasteiger partial charge in [0.2, 0.25) is 11.8 Å². The Hall–Kier alpha value is -1.63. The number of nitrogens with one attached hydrogen (secondary N) is 1. The lowest BCUT2D eigenvalue weighted by Crippen LogP contribution is -2.57. The highest BCUT2D eigenvalue weighted by Gasteiger charge is 2.30. The van der Waals surface area contributed by atoms with E-state index in [4.69, 9.17) is 16.3 Å². The number of benzene rings is 1. The van der Waals surface area contributed by atoms with Gasteiger partial charge in [0.15, 0.2) is 0 Å². The van der Waals surface area contributed by atoms with Gasteiger partial charge in [-0.3, -0.25) is 9.59 Å². The van der Waals surface area contributed by atoms with E-state index < -0.39 is 0 Å². The van der Waals surface area contributed by atoms with E-state index in [2.05, 4.69) is 5.32 Å². The number of morpholine rings is 1. The zero-order chi connectivity index (χ0) is 16.9. The van der Waals surface area contributed by atoms with Crippen LogP contribution in [0.1, 0.15) is 5.56 Å². The molecule has 2 aliphatic rings. The Morgan fingerprint density at radius 1 is 1.17 bits per heavy atom. The maximum Gasteiger partial charge on any atom is 0.242 e. The van der Waals surface area contributed by atoms with E-state index in [1.807, 2.05) is 23.1 Å². The first-order valence-corrected chi connectivity index (χ1v) is 8.64. The molecule has 0 spiro atoms. The molecule has 2 saturated heterocycles. The maximum atomic E-state index is 12.4. The third-order valence-electron chi connectivity index (χ3n) is 4.46. The van der Waals surface area contributed by atoms with Crippen LogP contribution >= 0.6 is 11.6 Å². The van der Waals surface area contributed by atoms with Gasteiger partial charge in [-0.2, -0.15) is 0 Å². The Morgan fingerprint density at radius 3 is 2.54 bits per heavy atom. The van der Waals surface area contributed by atoms with Gasteiger partial charge in [-0.1, -0.05) is 29.8 Å². The second-order valence-electron chi connectivity index (χ2n) is 6.06. The lowest BCUT2D eigenvalue weighted by atomic mass is 10.1. The first kappa shape index (κ1) is 17.2. The number of halogens is 1. The van der Waals surface area contributed by atoms with Crippen LogP contribution in [0, 0.1) is 0 Å². The second kappa shape index (κ2) is 7.96. The molecule has 1 N–H and O–H groups in total. The van der Waals surface area contributed by atoms with Gasteiger partial charge in [-0.05, 0) is 11.6 Å². The average molecular weight is 352 g/mol. The quantitative estimate of drug-likeness (QED) is 0.863. The van der Waals surface area contributed by atoms with E-state index in [-0.39, 0.29) is 17.9 Å². The van der Waals surface area contributed by atoms with Gasteiger partial charge in [0, 0.05) is 37.7 Å². The SMILES string of the molecule is O=C(Cc1ccccc1Cl)N1CCN(C(=O)C2COCCN2)CC1. The second-order valence-corrected chi connectivity index (χ2v) is 6.46. The van der Waals surface area contributed by atoms with Crippen molar-refractivity contribution in [1.29, 1.82) is 0 Å². The third kappa shape index (κ3) is 4.06. The summed E-state index contributed by atoms with van der Waals surface area (Å²) in [4.78, 5) is 28.5. The number of hydrogen-bond acceptors (Lipinski definition) is 4. The average Bonchev–Trinajstić information content (AvgIpc) is 2.64. The molecule has 2 aliphatic heterocycles. The van der Waals surface area contributed by atoms with Gasteiger partial charge in [0.1, 0.15) is 6.04 Å². The Morgan fingerprint density at radius 2 is 1.88 bits per heavy atom. The highest BCUT2D eigenvalue weighted by atomic mass is 35.5. The zero-order valence-electron chi connectivity index (χ0n) is 13.5. The van der Waals surface area contributed by atoms with E-state index in [1.165, 1.54) is 0 Å². The van der Waals surface area contributed by atoms with Gasteiger partial charge in [0.25, 0.3) is 0 Å². The minimum Gasteiger partial charge on any atom is -0.378 e. The molecule has 2 heterocycles. The number of rotatable bonds is 3. The van der Waals surface area contributed by atoms with Gasteiger partial charge in [-0.15, -0.1) is 0 Å². The predicted octanol–water partition coefficient (Wildman–Crippen LogP) is 0.542. The largest absolute Gasteiger partial charge is 0.378 e. The normalized spacial score (nSPS) is 21.6. The minimum atomic E-state index is -0.260. The Labute approximate surface area is 146 Å². The molecule has 3 rings (SSSR count). The Balaban J connectivity index is 1.50. The Kier molecular flexibility index (Phi) is 5.71.